The third-order valence-electron chi connectivity index (χ3n) is 4.38. The van der Waals surface area contributed by atoms with Crippen LogP contribution in [-0.4, -0.2) is 21.5 Å². The van der Waals surface area contributed by atoms with Crippen LogP contribution in [0, 0.1) is 0 Å². The van der Waals surface area contributed by atoms with Gasteiger partial charge in [0.05, 0.1) is 11.0 Å². The summed E-state index contributed by atoms with van der Waals surface area (Å²) < 4.78 is 2.11. The molecule has 1 aromatic carbocycles. The first-order chi connectivity index (χ1) is 10.1. The van der Waals surface area contributed by atoms with Gasteiger partial charge < -0.3 is 9.88 Å². The van der Waals surface area contributed by atoms with Crippen molar-refractivity contribution < 1.29 is 4.79 Å². The highest BCUT2D eigenvalue weighted by atomic mass is 16.1. The molecular weight excluding hydrogens is 262 g/mol. The SMILES string of the molecule is CC(C)c1nc2cc(C(=O)NC3CCCC3)ccc2n1C. The molecule has 4 heteroatoms. The van der Waals surface area contributed by atoms with Crippen molar-refractivity contribution in [3.63, 3.8) is 0 Å². The molecule has 0 aliphatic heterocycles. The maximum atomic E-state index is 12.3. The second kappa shape index (κ2) is 5.51. The molecule has 3 rings (SSSR count). The van der Waals surface area contributed by atoms with Gasteiger partial charge in [0.15, 0.2) is 0 Å². The first-order valence-electron chi connectivity index (χ1n) is 7.83. The van der Waals surface area contributed by atoms with Crippen LogP contribution in [0.15, 0.2) is 18.2 Å². The zero-order chi connectivity index (χ0) is 15.0. The minimum absolute atomic E-state index is 0.0283. The van der Waals surface area contributed by atoms with Crippen LogP contribution in [0.2, 0.25) is 0 Å². The van der Waals surface area contributed by atoms with E-state index in [4.69, 9.17) is 0 Å². The highest BCUT2D eigenvalue weighted by Crippen LogP contribution is 2.22. The van der Waals surface area contributed by atoms with Gasteiger partial charge in [0, 0.05) is 24.6 Å². The summed E-state index contributed by atoms with van der Waals surface area (Å²) in [7, 11) is 2.03. The number of amides is 1. The summed E-state index contributed by atoms with van der Waals surface area (Å²) in [6, 6.07) is 6.16. The van der Waals surface area contributed by atoms with Gasteiger partial charge in [-0.2, -0.15) is 0 Å². The van der Waals surface area contributed by atoms with Crippen molar-refractivity contribution in [2.45, 2.75) is 51.5 Å². The minimum Gasteiger partial charge on any atom is -0.349 e. The molecule has 0 unspecified atom stereocenters. The Morgan fingerprint density at radius 3 is 2.71 bits per heavy atom. The molecule has 0 bridgehead atoms. The molecule has 1 fully saturated rings. The van der Waals surface area contributed by atoms with Crippen molar-refractivity contribution in [1.29, 1.82) is 0 Å². The molecule has 1 aliphatic rings. The Hall–Kier alpha value is -1.84. The Bertz CT molecular complexity index is 666. The number of benzene rings is 1. The van der Waals surface area contributed by atoms with Gasteiger partial charge in [-0.1, -0.05) is 26.7 Å². The van der Waals surface area contributed by atoms with Crippen molar-refractivity contribution in [2.75, 3.05) is 0 Å². The van der Waals surface area contributed by atoms with Gasteiger partial charge >= 0.3 is 0 Å². The minimum atomic E-state index is 0.0283. The molecule has 1 aromatic heterocycles. The average Bonchev–Trinajstić information content (AvgIpc) is 3.06. The molecule has 0 saturated heterocycles. The topological polar surface area (TPSA) is 46.9 Å². The standard InChI is InChI=1S/C17H23N3O/c1-11(2)16-19-14-10-12(8-9-15(14)20(16)3)17(21)18-13-6-4-5-7-13/h8-11,13H,4-7H2,1-3H3,(H,18,21). The Balaban J connectivity index is 1.88. The third kappa shape index (κ3) is 2.67. The molecule has 1 N–H and O–H groups in total. The molecule has 21 heavy (non-hydrogen) atoms. The second-order valence-corrected chi connectivity index (χ2v) is 6.34. The van der Waals surface area contributed by atoms with Gasteiger partial charge in [0.1, 0.15) is 5.82 Å². The highest BCUT2D eigenvalue weighted by molar-refractivity contribution is 5.97. The van der Waals surface area contributed by atoms with Crippen LogP contribution in [0.5, 0.6) is 0 Å². The van der Waals surface area contributed by atoms with Gasteiger partial charge in [0.25, 0.3) is 5.91 Å². The van der Waals surface area contributed by atoms with Crippen LogP contribution in [0.25, 0.3) is 11.0 Å². The largest absolute Gasteiger partial charge is 0.349 e. The van der Waals surface area contributed by atoms with Crippen molar-refractivity contribution in [3.8, 4) is 0 Å². The molecule has 0 atom stereocenters. The van der Waals surface area contributed by atoms with Gasteiger partial charge in [-0.15, -0.1) is 0 Å². The van der Waals surface area contributed by atoms with Crippen LogP contribution >= 0.6 is 0 Å². The van der Waals surface area contributed by atoms with E-state index in [9.17, 15) is 4.79 Å². The van der Waals surface area contributed by atoms with Crippen molar-refractivity contribution >= 4 is 16.9 Å². The van der Waals surface area contributed by atoms with Crippen molar-refractivity contribution in [3.05, 3.63) is 29.6 Å². The first kappa shape index (κ1) is 14.1. The maximum absolute atomic E-state index is 12.3. The van der Waals surface area contributed by atoms with E-state index < -0.39 is 0 Å². The molecular formula is C17H23N3O. The van der Waals surface area contributed by atoms with Crippen LogP contribution in [0.4, 0.5) is 0 Å². The summed E-state index contributed by atoms with van der Waals surface area (Å²) in [5.41, 5.74) is 2.69. The number of nitrogens with zero attached hydrogens (tertiary/aromatic N) is 2. The Morgan fingerprint density at radius 1 is 1.33 bits per heavy atom. The van der Waals surface area contributed by atoms with Gasteiger partial charge in [-0.3, -0.25) is 4.79 Å². The number of imidazole rings is 1. The number of carbonyl (C=O) groups is 1. The smallest absolute Gasteiger partial charge is 0.251 e. The Kier molecular flexibility index (Phi) is 3.70. The average molecular weight is 285 g/mol. The number of rotatable bonds is 3. The lowest BCUT2D eigenvalue weighted by Gasteiger charge is -2.11. The molecule has 0 spiro atoms. The second-order valence-electron chi connectivity index (χ2n) is 6.34. The van der Waals surface area contributed by atoms with E-state index in [0.29, 0.717) is 17.5 Å². The molecule has 112 valence electrons. The van der Waals surface area contributed by atoms with E-state index in [1.54, 1.807) is 0 Å². The molecule has 1 aliphatic carbocycles. The van der Waals surface area contributed by atoms with Gasteiger partial charge in [-0.05, 0) is 31.0 Å². The number of nitrogens with one attached hydrogen (secondary N) is 1. The molecule has 0 radical (unpaired) electrons. The van der Waals surface area contributed by atoms with E-state index in [0.717, 1.165) is 29.7 Å². The van der Waals surface area contributed by atoms with E-state index in [-0.39, 0.29) is 5.91 Å². The van der Waals surface area contributed by atoms with Crippen LogP contribution in [-0.2, 0) is 7.05 Å². The quantitative estimate of drug-likeness (QED) is 0.940. The predicted octanol–water partition coefficient (Wildman–Crippen LogP) is 3.37. The van der Waals surface area contributed by atoms with E-state index in [1.165, 1.54) is 12.8 Å². The molecule has 1 amide bonds. The molecule has 1 heterocycles. The van der Waals surface area contributed by atoms with Crippen molar-refractivity contribution in [2.24, 2.45) is 7.05 Å². The lowest BCUT2D eigenvalue weighted by Crippen LogP contribution is -2.32. The Labute approximate surface area is 125 Å². The predicted molar refractivity (Wildman–Crippen MR) is 84.5 cm³/mol. The third-order valence-corrected chi connectivity index (χ3v) is 4.38. The fourth-order valence-electron chi connectivity index (χ4n) is 3.21. The summed E-state index contributed by atoms with van der Waals surface area (Å²) in [5, 5.41) is 3.13. The number of fused-ring (bicyclic) bond motifs is 1. The summed E-state index contributed by atoms with van der Waals surface area (Å²) in [6.07, 6.45) is 4.66. The summed E-state index contributed by atoms with van der Waals surface area (Å²) in [4.78, 5) is 17.0. The normalized spacial score (nSPS) is 16.0. The molecule has 2 aromatic rings. The summed E-state index contributed by atoms with van der Waals surface area (Å²) in [6.45, 7) is 4.27. The Morgan fingerprint density at radius 2 is 2.05 bits per heavy atom. The zero-order valence-corrected chi connectivity index (χ0v) is 13.0. The highest BCUT2D eigenvalue weighted by Gasteiger charge is 2.19. The van der Waals surface area contributed by atoms with Crippen molar-refractivity contribution in [1.82, 2.24) is 14.9 Å². The number of hydrogen-bond donors (Lipinski definition) is 1. The van der Waals surface area contributed by atoms with E-state index in [2.05, 4.69) is 28.7 Å². The van der Waals surface area contributed by atoms with Crippen LogP contribution < -0.4 is 5.32 Å². The zero-order valence-electron chi connectivity index (χ0n) is 13.0. The number of aryl methyl sites for hydroxylation is 1. The van der Waals surface area contributed by atoms with Gasteiger partial charge in [0.2, 0.25) is 0 Å². The van der Waals surface area contributed by atoms with Crippen LogP contribution in [0.3, 0.4) is 0 Å². The lowest BCUT2D eigenvalue weighted by atomic mass is 10.1. The monoisotopic (exact) mass is 285 g/mol. The summed E-state index contributed by atoms with van der Waals surface area (Å²) in [5.74, 6) is 1.46. The fraction of sp³-hybridized carbons (Fsp3) is 0.529. The van der Waals surface area contributed by atoms with E-state index >= 15 is 0 Å². The van der Waals surface area contributed by atoms with Crippen LogP contribution in [0.1, 0.15) is 61.6 Å². The van der Waals surface area contributed by atoms with Gasteiger partial charge in [-0.25, -0.2) is 4.98 Å². The maximum Gasteiger partial charge on any atom is 0.251 e. The summed E-state index contributed by atoms with van der Waals surface area (Å²) >= 11 is 0. The number of carbonyl (C=O) groups excluding carboxylic acids is 1. The lowest BCUT2D eigenvalue weighted by molar-refractivity contribution is 0.0938. The molecule has 4 nitrogen and oxygen atoms in total. The first-order valence-corrected chi connectivity index (χ1v) is 7.83. The van der Waals surface area contributed by atoms with E-state index in [1.807, 2.05) is 25.2 Å². The number of hydrogen-bond acceptors (Lipinski definition) is 2. The number of aromatic nitrogens is 2. The molecule has 1 saturated carbocycles. The fourth-order valence-corrected chi connectivity index (χ4v) is 3.21.